The number of aliphatic imine (C=N–C) groups is 1. The van der Waals surface area contributed by atoms with E-state index >= 15 is 0 Å². The lowest BCUT2D eigenvalue weighted by molar-refractivity contribution is -0.135. The van der Waals surface area contributed by atoms with Crippen LogP contribution in [0.4, 0.5) is 0 Å². The van der Waals surface area contributed by atoms with Crippen molar-refractivity contribution >= 4 is 17.6 Å². The topological polar surface area (TPSA) is 154 Å². The van der Waals surface area contributed by atoms with Gasteiger partial charge in [-0.3, -0.25) is 14.9 Å². The van der Waals surface area contributed by atoms with Crippen molar-refractivity contribution in [1.29, 1.82) is 0 Å². The summed E-state index contributed by atoms with van der Waals surface area (Å²) in [4.78, 5) is 29.0. The fraction of sp³-hybridized carbons (Fsp3) is 0.348. The summed E-state index contributed by atoms with van der Waals surface area (Å²) in [7, 11) is 0. The Morgan fingerprint density at radius 3 is 2.47 bits per heavy atom. The third-order valence-corrected chi connectivity index (χ3v) is 5.93. The van der Waals surface area contributed by atoms with Gasteiger partial charge < -0.3 is 25.8 Å². The van der Waals surface area contributed by atoms with E-state index in [1.807, 2.05) is 13.8 Å². The van der Waals surface area contributed by atoms with Crippen LogP contribution in [0, 0.1) is 20.8 Å². The predicted octanol–water partition coefficient (Wildman–Crippen LogP) is 2.13. The normalized spacial score (nSPS) is 17.9. The molecule has 1 heterocycles. The molecule has 0 aromatic heterocycles. The number of phenolic OH excluding ortho intramolecular Hbond substituents is 3. The monoisotopic (exact) mass is 441 g/mol. The van der Waals surface area contributed by atoms with E-state index in [9.17, 15) is 24.9 Å². The van der Waals surface area contributed by atoms with Crippen LogP contribution in [0.2, 0.25) is 0 Å². The number of aromatic hydroxyl groups is 3. The maximum absolute atomic E-state index is 12.9. The minimum Gasteiger partial charge on any atom is -0.507 e. The zero-order valence-corrected chi connectivity index (χ0v) is 18.4. The summed E-state index contributed by atoms with van der Waals surface area (Å²) >= 11 is 0. The number of guanidine groups is 1. The number of nitrogens with one attached hydrogen (secondary N) is 1. The molecular weight excluding hydrogens is 414 g/mol. The van der Waals surface area contributed by atoms with Gasteiger partial charge >= 0.3 is 0 Å². The van der Waals surface area contributed by atoms with E-state index in [4.69, 9.17) is 10.5 Å². The smallest absolute Gasteiger partial charge is 0.270 e. The summed E-state index contributed by atoms with van der Waals surface area (Å²) in [6, 6.07) is 3.67. The molecule has 0 fully saturated rings. The summed E-state index contributed by atoms with van der Waals surface area (Å²) in [6.45, 7) is 6.75. The number of ketones is 1. The quantitative estimate of drug-likeness (QED) is 0.211. The number of carbonyl (C=O) groups is 2. The van der Waals surface area contributed by atoms with Crippen molar-refractivity contribution in [2.45, 2.75) is 46.1 Å². The molecule has 1 amide bonds. The molecule has 1 unspecified atom stereocenters. The second-order valence-electron chi connectivity index (χ2n) is 8.15. The molecule has 0 saturated carbocycles. The Bertz CT molecular complexity index is 1140. The minimum atomic E-state index is -1.21. The molecule has 9 heteroatoms. The van der Waals surface area contributed by atoms with Crippen LogP contribution in [0.15, 0.2) is 23.2 Å². The number of carbonyl (C=O) groups excluding carboxylic acids is 2. The molecule has 32 heavy (non-hydrogen) atoms. The molecule has 1 aliphatic rings. The number of amides is 1. The zero-order chi connectivity index (χ0) is 23.8. The van der Waals surface area contributed by atoms with Gasteiger partial charge in [-0.25, -0.2) is 4.99 Å². The van der Waals surface area contributed by atoms with Crippen LogP contribution in [-0.2, 0) is 11.2 Å². The Kier molecular flexibility index (Phi) is 6.03. The molecule has 3 rings (SSSR count). The van der Waals surface area contributed by atoms with Crippen molar-refractivity contribution in [3.8, 4) is 23.0 Å². The highest BCUT2D eigenvalue weighted by Gasteiger charge is 2.41. The van der Waals surface area contributed by atoms with Gasteiger partial charge in [-0.15, -0.1) is 0 Å². The highest BCUT2D eigenvalue weighted by Crippen LogP contribution is 2.43. The van der Waals surface area contributed by atoms with Crippen molar-refractivity contribution in [2.24, 2.45) is 10.7 Å². The molecule has 0 aliphatic carbocycles. The highest BCUT2D eigenvalue weighted by molar-refractivity contribution is 6.03. The van der Waals surface area contributed by atoms with Crippen molar-refractivity contribution < 1.29 is 29.6 Å². The van der Waals surface area contributed by atoms with Gasteiger partial charge in [-0.05, 0) is 69.0 Å². The fourth-order valence-electron chi connectivity index (χ4n) is 3.64. The second-order valence-corrected chi connectivity index (χ2v) is 8.15. The van der Waals surface area contributed by atoms with Gasteiger partial charge in [0, 0.05) is 17.5 Å². The minimum absolute atomic E-state index is 0.145. The van der Waals surface area contributed by atoms with Crippen LogP contribution < -0.4 is 15.8 Å². The molecule has 2 aromatic rings. The van der Waals surface area contributed by atoms with E-state index in [1.54, 1.807) is 13.8 Å². The Morgan fingerprint density at radius 2 is 1.81 bits per heavy atom. The van der Waals surface area contributed by atoms with Crippen molar-refractivity contribution in [2.75, 3.05) is 6.54 Å². The summed E-state index contributed by atoms with van der Waals surface area (Å²) in [5.74, 6) is -1.13. The largest absolute Gasteiger partial charge is 0.507 e. The number of Topliss-reactive ketones (excluding diaryl/α,β-unsaturated/α-hetero) is 1. The maximum Gasteiger partial charge on any atom is 0.270 e. The number of phenols is 3. The maximum atomic E-state index is 12.9. The summed E-state index contributed by atoms with van der Waals surface area (Å²) in [5.41, 5.74) is 7.82. The number of nitrogens with two attached hydrogens (primary N) is 1. The van der Waals surface area contributed by atoms with E-state index < -0.39 is 23.0 Å². The number of nitrogens with zero attached hydrogens (tertiary/aromatic N) is 1. The van der Waals surface area contributed by atoms with Gasteiger partial charge in [0.2, 0.25) is 0 Å². The molecule has 2 aromatic carbocycles. The lowest BCUT2D eigenvalue weighted by Gasteiger charge is -2.36. The fourth-order valence-corrected chi connectivity index (χ4v) is 3.64. The average molecular weight is 441 g/mol. The number of hydrogen-bond acceptors (Lipinski definition) is 7. The molecule has 0 saturated heterocycles. The zero-order valence-electron chi connectivity index (χ0n) is 18.4. The van der Waals surface area contributed by atoms with Gasteiger partial charge in [-0.2, -0.15) is 0 Å². The number of fused-ring (bicyclic) bond motifs is 1. The Labute approximate surface area is 185 Å². The highest BCUT2D eigenvalue weighted by atomic mass is 16.5. The van der Waals surface area contributed by atoms with E-state index in [2.05, 4.69) is 10.3 Å². The molecule has 170 valence electrons. The number of ether oxygens (including phenoxy) is 1. The molecule has 1 aliphatic heterocycles. The predicted molar refractivity (Wildman–Crippen MR) is 118 cm³/mol. The lowest BCUT2D eigenvalue weighted by atomic mass is 9.86. The molecule has 0 spiro atoms. The Morgan fingerprint density at radius 1 is 1.12 bits per heavy atom. The molecular formula is C23H27N3O6. The summed E-state index contributed by atoms with van der Waals surface area (Å²) < 4.78 is 6.10. The summed E-state index contributed by atoms with van der Waals surface area (Å²) in [5, 5.41) is 31.6. The first kappa shape index (κ1) is 22.9. The van der Waals surface area contributed by atoms with Crippen LogP contribution in [0.25, 0.3) is 0 Å². The van der Waals surface area contributed by atoms with Crippen LogP contribution >= 0.6 is 0 Å². The molecule has 0 bridgehead atoms. The molecule has 1 atom stereocenters. The second kappa shape index (κ2) is 8.41. The van der Waals surface area contributed by atoms with E-state index in [-0.39, 0.29) is 29.6 Å². The van der Waals surface area contributed by atoms with Gasteiger partial charge in [0.25, 0.3) is 5.91 Å². The van der Waals surface area contributed by atoms with Crippen molar-refractivity contribution in [3.05, 3.63) is 46.0 Å². The molecule has 0 radical (unpaired) electrons. The summed E-state index contributed by atoms with van der Waals surface area (Å²) in [6.07, 6.45) is 0.910. The van der Waals surface area contributed by atoms with Crippen LogP contribution in [0.5, 0.6) is 23.0 Å². The molecule has 6 N–H and O–H groups in total. The standard InChI is InChI=1S/C23H27N3O6/c1-11-12(2)20-15(13(3)19(11)30)7-8-23(4,32-20)21(31)26-22(24)25-10-18(29)14-5-6-16(27)17(28)9-14/h5-6,9,27-28,30H,7-8,10H2,1-4H3,(H3,24,25,26,31). The van der Waals surface area contributed by atoms with Gasteiger partial charge in [0.05, 0.1) is 0 Å². The van der Waals surface area contributed by atoms with Gasteiger partial charge in [0.15, 0.2) is 28.8 Å². The van der Waals surface area contributed by atoms with Gasteiger partial charge in [-0.1, -0.05) is 0 Å². The third-order valence-electron chi connectivity index (χ3n) is 5.93. The van der Waals surface area contributed by atoms with Gasteiger partial charge in [0.1, 0.15) is 18.0 Å². The Balaban J connectivity index is 1.71. The third kappa shape index (κ3) is 4.18. The Hall–Kier alpha value is -3.75. The van der Waals surface area contributed by atoms with E-state index in [1.165, 1.54) is 12.1 Å². The number of rotatable bonds is 4. The number of hydrogen-bond donors (Lipinski definition) is 5. The van der Waals surface area contributed by atoms with E-state index in [0.717, 1.165) is 22.8 Å². The van der Waals surface area contributed by atoms with Crippen LogP contribution in [-0.4, -0.2) is 45.1 Å². The number of benzene rings is 2. The molecule has 9 nitrogen and oxygen atoms in total. The average Bonchev–Trinajstić information content (AvgIpc) is 2.76. The van der Waals surface area contributed by atoms with Crippen molar-refractivity contribution in [3.63, 3.8) is 0 Å². The first-order chi connectivity index (χ1) is 14.9. The SMILES string of the molecule is Cc1c(C)c2c(c(C)c1O)CCC(C)(C(=O)NC(N)=NCC(=O)c1ccc(O)c(O)c1)O2. The van der Waals surface area contributed by atoms with E-state index in [0.29, 0.717) is 24.2 Å². The van der Waals surface area contributed by atoms with Crippen molar-refractivity contribution in [1.82, 2.24) is 5.32 Å². The van der Waals surface area contributed by atoms with Crippen LogP contribution in [0.3, 0.4) is 0 Å². The first-order valence-electron chi connectivity index (χ1n) is 10.1. The lowest BCUT2D eigenvalue weighted by Crippen LogP contribution is -2.54. The van der Waals surface area contributed by atoms with Crippen LogP contribution in [0.1, 0.15) is 46.0 Å². The first-order valence-corrected chi connectivity index (χ1v) is 10.1.